The third kappa shape index (κ3) is 2.81. The summed E-state index contributed by atoms with van der Waals surface area (Å²) >= 11 is 12.1. The molecule has 0 unspecified atom stereocenters. The number of rotatable bonds is 2. The Bertz CT molecular complexity index is 1120. The van der Waals surface area contributed by atoms with Crippen LogP contribution in [0.25, 0.3) is 10.8 Å². The number of carbonyl (C=O) groups is 1. The summed E-state index contributed by atoms with van der Waals surface area (Å²) in [6.07, 6.45) is 1.42. The molecular formula is C19H11Cl2N3O2. The van der Waals surface area contributed by atoms with Gasteiger partial charge in [0, 0.05) is 16.1 Å². The molecule has 5 nitrogen and oxygen atoms in total. The third-order valence-corrected chi connectivity index (χ3v) is 4.57. The molecule has 0 atom stereocenters. The maximum absolute atomic E-state index is 12.1. The highest BCUT2D eigenvalue weighted by Crippen LogP contribution is 2.34. The Morgan fingerprint density at radius 2 is 1.88 bits per heavy atom. The van der Waals surface area contributed by atoms with Gasteiger partial charge in [-0.05, 0) is 29.0 Å². The molecule has 0 aliphatic carbocycles. The van der Waals surface area contributed by atoms with Gasteiger partial charge in [0.15, 0.2) is 5.71 Å². The lowest BCUT2D eigenvalue weighted by molar-refractivity contribution is -0.110. The first-order valence-corrected chi connectivity index (χ1v) is 8.42. The van der Waals surface area contributed by atoms with Crippen molar-refractivity contribution in [3.05, 3.63) is 69.7 Å². The zero-order chi connectivity index (χ0) is 18.3. The molecule has 3 aromatic carbocycles. The number of nitrogens with zero attached hydrogens (tertiary/aromatic N) is 2. The number of hydrogen-bond acceptors (Lipinski definition) is 4. The van der Waals surface area contributed by atoms with E-state index in [0.717, 1.165) is 10.8 Å². The van der Waals surface area contributed by atoms with E-state index in [1.807, 2.05) is 30.3 Å². The van der Waals surface area contributed by atoms with Crippen molar-refractivity contribution in [2.75, 3.05) is 5.32 Å². The number of fused-ring (bicyclic) bond motifs is 2. The first kappa shape index (κ1) is 16.6. The summed E-state index contributed by atoms with van der Waals surface area (Å²) in [4.78, 5) is 12.1. The van der Waals surface area contributed by atoms with Crippen LogP contribution in [0.2, 0.25) is 10.0 Å². The maximum Gasteiger partial charge on any atom is 0.276 e. The molecule has 1 aliphatic rings. The SMILES string of the molecule is O=C1Nc2c(Cl)cc(Cl)cc2/C1=N\N=C\c1c(O)ccc2ccccc12. The van der Waals surface area contributed by atoms with E-state index < -0.39 is 5.91 Å². The van der Waals surface area contributed by atoms with Gasteiger partial charge in [-0.2, -0.15) is 5.10 Å². The van der Waals surface area contributed by atoms with Gasteiger partial charge in [0.2, 0.25) is 0 Å². The second-order valence-corrected chi connectivity index (χ2v) is 6.52. The zero-order valence-electron chi connectivity index (χ0n) is 13.2. The third-order valence-electron chi connectivity index (χ3n) is 4.06. The van der Waals surface area contributed by atoms with Crippen molar-refractivity contribution in [1.29, 1.82) is 0 Å². The van der Waals surface area contributed by atoms with E-state index in [2.05, 4.69) is 15.5 Å². The maximum atomic E-state index is 12.1. The van der Waals surface area contributed by atoms with Gasteiger partial charge in [-0.1, -0.05) is 53.5 Å². The number of amides is 1. The number of benzene rings is 3. The molecular weight excluding hydrogens is 373 g/mol. The quantitative estimate of drug-likeness (QED) is 0.500. The molecule has 1 aliphatic heterocycles. The van der Waals surface area contributed by atoms with E-state index in [-0.39, 0.29) is 11.5 Å². The summed E-state index contributed by atoms with van der Waals surface area (Å²) in [5.74, 6) is -0.335. The Kier molecular flexibility index (Phi) is 4.11. The number of carbonyl (C=O) groups excluding carboxylic acids is 1. The fourth-order valence-electron chi connectivity index (χ4n) is 2.85. The van der Waals surface area contributed by atoms with Crippen LogP contribution in [0, 0.1) is 0 Å². The summed E-state index contributed by atoms with van der Waals surface area (Å²) in [6.45, 7) is 0. The Morgan fingerprint density at radius 1 is 1.08 bits per heavy atom. The van der Waals surface area contributed by atoms with Crippen molar-refractivity contribution in [3.63, 3.8) is 0 Å². The van der Waals surface area contributed by atoms with Crippen molar-refractivity contribution >= 4 is 57.5 Å². The summed E-state index contributed by atoms with van der Waals surface area (Å²) in [5.41, 5.74) is 1.59. The minimum Gasteiger partial charge on any atom is -0.507 e. The Hall–Kier alpha value is -2.89. The highest BCUT2D eigenvalue weighted by molar-refractivity contribution is 6.56. The smallest absolute Gasteiger partial charge is 0.276 e. The van der Waals surface area contributed by atoms with E-state index in [0.29, 0.717) is 26.9 Å². The second-order valence-electron chi connectivity index (χ2n) is 5.68. The fourth-order valence-corrected chi connectivity index (χ4v) is 3.39. The number of phenolic OH excluding ortho intramolecular Hbond substituents is 1. The molecule has 1 amide bonds. The van der Waals surface area contributed by atoms with Gasteiger partial charge in [0.05, 0.1) is 16.9 Å². The molecule has 128 valence electrons. The van der Waals surface area contributed by atoms with E-state index in [1.165, 1.54) is 6.21 Å². The molecule has 0 aromatic heterocycles. The number of hydrogen-bond donors (Lipinski definition) is 2. The van der Waals surface area contributed by atoms with Crippen LogP contribution in [0.4, 0.5) is 5.69 Å². The summed E-state index contributed by atoms with van der Waals surface area (Å²) in [7, 11) is 0. The second kappa shape index (κ2) is 6.44. The van der Waals surface area contributed by atoms with Crippen molar-refractivity contribution in [1.82, 2.24) is 0 Å². The predicted molar refractivity (Wildman–Crippen MR) is 105 cm³/mol. The predicted octanol–water partition coefficient (Wildman–Crippen LogP) is 4.63. The van der Waals surface area contributed by atoms with Gasteiger partial charge >= 0.3 is 0 Å². The molecule has 4 rings (SSSR count). The van der Waals surface area contributed by atoms with Gasteiger partial charge in [0.25, 0.3) is 5.91 Å². The lowest BCUT2D eigenvalue weighted by Gasteiger charge is -2.03. The molecule has 0 bridgehead atoms. The van der Waals surface area contributed by atoms with Crippen LogP contribution in [0.3, 0.4) is 0 Å². The minimum absolute atomic E-state index is 0.0787. The Balaban J connectivity index is 1.77. The number of aromatic hydroxyl groups is 1. The topological polar surface area (TPSA) is 74.0 Å². The Labute approximate surface area is 158 Å². The highest BCUT2D eigenvalue weighted by atomic mass is 35.5. The summed E-state index contributed by atoms with van der Waals surface area (Å²) in [6, 6.07) is 14.1. The van der Waals surface area contributed by atoms with Crippen LogP contribution in [-0.2, 0) is 4.79 Å². The lowest BCUT2D eigenvalue weighted by atomic mass is 10.0. The number of anilines is 1. The van der Waals surface area contributed by atoms with Crippen molar-refractivity contribution in [2.45, 2.75) is 0 Å². The molecule has 0 radical (unpaired) electrons. The standard InChI is InChI=1S/C19H11Cl2N3O2/c20-11-7-13-17(15(21)8-11)23-19(26)18(13)24-22-9-14-12-4-2-1-3-10(12)5-6-16(14)25/h1-9,25H,(H,23,24,26)/b22-9+. The largest absolute Gasteiger partial charge is 0.507 e. The van der Waals surface area contributed by atoms with Crippen LogP contribution in [0.1, 0.15) is 11.1 Å². The fraction of sp³-hybridized carbons (Fsp3) is 0. The molecule has 0 spiro atoms. The average Bonchev–Trinajstić information content (AvgIpc) is 2.93. The molecule has 3 aromatic rings. The van der Waals surface area contributed by atoms with Crippen LogP contribution in [-0.4, -0.2) is 22.9 Å². The number of halogens is 2. The first-order valence-electron chi connectivity index (χ1n) is 7.67. The Morgan fingerprint density at radius 3 is 2.73 bits per heavy atom. The van der Waals surface area contributed by atoms with Crippen LogP contribution < -0.4 is 5.32 Å². The molecule has 1 heterocycles. The first-order chi connectivity index (χ1) is 12.5. The van der Waals surface area contributed by atoms with Gasteiger partial charge in [-0.3, -0.25) is 4.79 Å². The normalized spacial score (nSPS) is 15.0. The molecule has 26 heavy (non-hydrogen) atoms. The van der Waals surface area contributed by atoms with Crippen molar-refractivity contribution in [3.8, 4) is 5.75 Å². The van der Waals surface area contributed by atoms with Crippen LogP contribution in [0.5, 0.6) is 5.75 Å². The monoisotopic (exact) mass is 383 g/mol. The van der Waals surface area contributed by atoms with Crippen molar-refractivity contribution < 1.29 is 9.90 Å². The molecule has 0 saturated carbocycles. The summed E-state index contributed by atoms with van der Waals surface area (Å²) < 4.78 is 0. The van der Waals surface area contributed by atoms with Crippen molar-refractivity contribution in [2.24, 2.45) is 10.2 Å². The summed E-state index contributed by atoms with van der Waals surface area (Å²) in [5, 5.41) is 23.3. The van der Waals surface area contributed by atoms with E-state index >= 15 is 0 Å². The van der Waals surface area contributed by atoms with E-state index in [1.54, 1.807) is 18.2 Å². The zero-order valence-corrected chi connectivity index (χ0v) is 14.7. The molecule has 0 fully saturated rings. The average molecular weight is 384 g/mol. The number of nitrogens with one attached hydrogen (secondary N) is 1. The highest BCUT2D eigenvalue weighted by Gasteiger charge is 2.28. The van der Waals surface area contributed by atoms with Gasteiger partial charge in [-0.15, -0.1) is 5.10 Å². The minimum atomic E-state index is -0.413. The lowest BCUT2D eigenvalue weighted by Crippen LogP contribution is -2.13. The van der Waals surface area contributed by atoms with Crippen LogP contribution in [0.15, 0.2) is 58.7 Å². The van der Waals surface area contributed by atoms with Gasteiger partial charge in [-0.25, -0.2) is 0 Å². The van der Waals surface area contributed by atoms with Gasteiger partial charge in [0.1, 0.15) is 5.75 Å². The number of phenols is 1. The molecule has 7 heteroatoms. The van der Waals surface area contributed by atoms with Gasteiger partial charge < -0.3 is 10.4 Å². The molecule has 2 N–H and O–H groups in total. The van der Waals surface area contributed by atoms with E-state index in [4.69, 9.17) is 23.2 Å². The van der Waals surface area contributed by atoms with E-state index in [9.17, 15) is 9.90 Å². The van der Waals surface area contributed by atoms with Crippen LogP contribution >= 0.6 is 23.2 Å². The molecule has 0 saturated heterocycles.